The van der Waals surface area contributed by atoms with Gasteiger partial charge in [-0.3, -0.25) is 10.00 Å². The van der Waals surface area contributed by atoms with E-state index in [-0.39, 0.29) is 25.3 Å². The fraction of sp³-hybridized carbons (Fsp3) is 0.750. The van der Waals surface area contributed by atoms with Gasteiger partial charge in [0.15, 0.2) is 0 Å². The Balaban J connectivity index is 2.07. The SMILES string of the molecule is CC(C)c1nn(C)cc1CNC1(C(F)(F)F)CC1. The Morgan fingerprint density at radius 2 is 2.06 bits per heavy atom. The van der Waals surface area contributed by atoms with Gasteiger partial charge in [-0.2, -0.15) is 18.3 Å². The van der Waals surface area contributed by atoms with Gasteiger partial charge in [-0.05, 0) is 18.8 Å². The summed E-state index contributed by atoms with van der Waals surface area (Å²) in [5.41, 5.74) is 0.0582. The van der Waals surface area contributed by atoms with E-state index in [4.69, 9.17) is 0 Å². The van der Waals surface area contributed by atoms with Crippen LogP contribution in [0.25, 0.3) is 0 Å². The molecule has 0 aliphatic heterocycles. The van der Waals surface area contributed by atoms with Crippen LogP contribution in [0.5, 0.6) is 0 Å². The molecule has 3 nitrogen and oxygen atoms in total. The molecule has 1 aliphatic carbocycles. The normalized spacial score (nSPS) is 18.4. The minimum Gasteiger partial charge on any atom is -0.299 e. The second-order valence-corrected chi connectivity index (χ2v) is 5.30. The number of halogens is 3. The minimum atomic E-state index is -4.16. The lowest BCUT2D eigenvalue weighted by molar-refractivity contribution is -0.166. The first-order valence-corrected chi connectivity index (χ1v) is 6.09. The molecule has 0 saturated heterocycles. The lowest BCUT2D eigenvalue weighted by atomic mass is 10.1. The Morgan fingerprint density at radius 3 is 2.50 bits per heavy atom. The van der Waals surface area contributed by atoms with Crippen LogP contribution in [-0.4, -0.2) is 21.5 Å². The first-order chi connectivity index (χ1) is 8.25. The summed E-state index contributed by atoms with van der Waals surface area (Å²) in [6, 6.07) is 0. The van der Waals surface area contributed by atoms with Crippen LogP contribution in [0.2, 0.25) is 0 Å². The second-order valence-electron chi connectivity index (χ2n) is 5.30. The second kappa shape index (κ2) is 4.26. The Kier molecular flexibility index (Phi) is 3.17. The topological polar surface area (TPSA) is 29.9 Å². The van der Waals surface area contributed by atoms with Gasteiger partial charge in [-0.15, -0.1) is 0 Å². The van der Waals surface area contributed by atoms with Crippen molar-refractivity contribution in [2.45, 2.75) is 50.9 Å². The fourth-order valence-electron chi connectivity index (χ4n) is 2.13. The van der Waals surface area contributed by atoms with Crippen LogP contribution in [0.1, 0.15) is 43.9 Å². The summed E-state index contributed by atoms with van der Waals surface area (Å²) in [6.07, 6.45) is -2.02. The molecule has 0 bridgehead atoms. The first-order valence-electron chi connectivity index (χ1n) is 6.09. The molecule has 0 spiro atoms. The number of nitrogens with one attached hydrogen (secondary N) is 1. The summed E-state index contributed by atoms with van der Waals surface area (Å²) in [5.74, 6) is 0.212. The zero-order valence-corrected chi connectivity index (χ0v) is 10.8. The average molecular weight is 261 g/mol. The van der Waals surface area contributed by atoms with Crippen molar-refractivity contribution in [3.8, 4) is 0 Å². The maximum atomic E-state index is 12.8. The Morgan fingerprint density at radius 1 is 1.44 bits per heavy atom. The van der Waals surface area contributed by atoms with E-state index in [0.29, 0.717) is 0 Å². The summed E-state index contributed by atoms with van der Waals surface area (Å²) >= 11 is 0. The van der Waals surface area contributed by atoms with Crippen molar-refractivity contribution in [2.75, 3.05) is 0 Å². The third-order valence-corrected chi connectivity index (χ3v) is 3.39. The van der Waals surface area contributed by atoms with E-state index in [1.165, 1.54) is 0 Å². The Bertz CT molecular complexity index is 430. The van der Waals surface area contributed by atoms with Crippen LogP contribution in [-0.2, 0) is 13.6 Å². The van der Waals surface area contributed by atoms with Gasteiger partial charge in [-0.25, -0.2) is 0 Å². The largest absolute Gasteiger partial charge is 0.406 e. The number of aromatic nitrogens is 2. The van der Waals surface area contributed by atoms with Crippen molar-refractivity contribution in [3.63, 3.8) is 0 Å². The molecule has 1 aromatic rings. The molecule has 102 valence electrons. The number of nitrogens with zero attached hydrogens (tertiary/aromatic N) is 2. The molecule has 1 aromatic heterocycles. The van der Waals surface area contributed by atoms with Crippen molar-refractivity contribution in [1.29, 1.82) is 0 Å². The number of rotatable bonds is 4. The van der Waals surface area contributed by atoms with E-state index in [1.54, 1.807) is 17.9 Å². The van der Waals surface area contributed by atoms with E-state index in [0.717, 1.165) is 11.3 Å². The number of alkyl halides is 3. The van der Waals surface area contributed by atoms with Crippen molar-refractivity contribution in [2.24, 2.45) is 7.05 Å². The lowest BCUT2D eigenvalue weighted by Gasteiger charge is -2.20. The molecule has 2 rings (SSSR count). The van der Waals surface area contributed by atoms with Crippen molar-refractivity contribution >= 4 is 0 Å². The molecule has 1 saturated carbocycles. The van der Waals surface area contributed by atoms with E-state index < -0.39 is 11.7 Å². The number of aryl methyl sites for hydroxylation is 1. The van der Waals surface area contributed by atoms with Gasteiger partial charge in [0.05, 0.1) is 5.69 Å². The van der Waals surface area contributed by atoms with Crippen LogP contribution in [0.3, 0.4) is 0 Å². The van der Waals surface area contributed by atoms with Crippen molar-refractivity contribution in [1.82, 2.24) is 15.1 Å². The van der Waals surface area contributed by atoms with Gasteiger partial charge in [0.25, 0.3) is 0 Å². The lowest BCUT2D eigenvalue weighted by Crippen LogP contribution is -2.44. The average Bonchev–Trinajstić information content (AvgIpc) is 2.94. The molecule has 18 heavy (non-hydrogen) atoms. The highest BCUT2D eigenvalue weighted by Crippen LogP contribution is 2.49. The highest BCUT2D eigenvalue weighted by atomic mass is 19.4. The molecule has 0 aromatic carbocycles. The standard InChI is InChI=1S/C12H18F3N3/c1-8(2)10-9(7-18(3)17-10)6-16-11(4-5-11)12(13,14)15/h7-8,16H,4-6H2,1-3H3. The van der Waals surface area contributed by atoms with Gasteiger partial charge in [0.2, 0.25) is 0 Å². The monoisotopic (exact) mass is 261 g/mol. The van der Waals surface area contributed by atoms with Gasteiger partial charge in [0, 0.05) is 25.4 Å². The quantitative estimate of drug-likeness (QED) is 0.903. The fourth-order valence-corrected chi connectivity index (χ4v) is 2.13. The van der Waals surface area contributed by atoms with Crippen LogP contribution >= 0.6 is 0 Å². The van der Waals surface area contributed by atoms with Gasteiger partial charge in [0.1, 0.15) is 5.54 Å². The smallest absolute Gasteiger partial charge is 0.299 e. The highest BCUT2D eigenvalue weighted by Gasteiger charge is 2.62. The Hall–Kier alpha value is -1.04. The van der Waals surface area contributed by atoms with Crippen LogP contribution in [0.4, 0.5) is 13.2 Å². The predicted molar refractivity (Wildman–Crippen MR) is 62.2 cm³/mol. The van der Waals surface area contributed by atoms with E-state index in [2.05, 4.69) is 10.4 Å². The van der Waals surface area contributed by atoms with Crippen LogP contribution < -0.4 is 5.32 Å². The van der Waals surface area contributed by atoms with Crippen LogP contribution in [0, 0.1) is 0 Å². The summed E-state index contributed by atoms with van der Waals surface area (Å²) in [4.78, 5) is 0. The molecular formula is C12H18F3N3. The molecule has 0 amide bonds. The summed E-state index contributed by atoms with van der Waals surface area (Å²) in [5, 5.41) is 6.95. The summed E-state index contributed by atoms with van der Waals surface area (Å²) < 4.78 is 40.0. The minimum absolute atomic E-state index is 0.174. The van der Waals surface area contributed by atoms with Gasteiger partial charge in [-0.1, -0.05) is 13.8 Å². The van der Waals surface area contributed by atoms with Crippen LogP contribution in [0.15, 0.2) is 6.20 Å². The summed E-state index contributed by atoms with van der Waals surface area (Å²) in [6.45, 7) is 4.20. The van der Waals surface area contributed by atoms with Gasteiger partial charge >= 0.3 is 6.18 Å². The molecule has 1 fully saturated rings. The molecule has 6 heteroatoms. The van der Waals surface area contributed by atoms with Gasteiger partial charge < -0.3 is 0 Å². The number of hydrogen-bond acceptors (Lipinski definition) is 2. The molecule has 0 atom stereocenters. The predicted octanol–water partition coefficient (Wildman–Crippen LogP) is 2.73. The van der Waals surface area contributed by atoms with E-state index in [1.807, 2.05) is 13.8 Å². The Labute approximate surface area is 104 Å². The molecule has 0 unspecified atom stereocenters. The van der Waals surface area contributed by atoms with Crippen molar-refractivity contribution in [3.05, 3.63) is 17.5 Å². The molecule has 1 aliphatic rings. The first kappa shape index (κ1) is 13.4. The zero-order chi connectivity index (χ0) is 13.6. The number of hydrogen-bond donors (Lipinski definition) is 1. The maximum absolute atomic E-state index is 12.8. The third kappa shape index (κ3) is 2.39. The molecule has 1 heterocycles. The maximum Gasteiger partial charge on any atom is 0.406 e. The molecule has 1 N–H and O–H groups in total. The van der Waals surface area contributed by atoms with Crippen molar-refractivity contribution < 1.29 is 13.2 Å². The highest BCUT2D eigenvalue weighted by molar-refractivity contribution is 5.21. The zero-order valence-electron chi connectivity index (χ0n) is 10.8. The van der Waals surface area contributed by atoms with E-state index in [9.17, 15) is 13.2 Å². The van der Waals surface area contributed by atoms with E-state index >= 15 is 0 Å². The third-order valence-electron chi connectivity index (χ3n) is 3.39. The molecular weight excluding hydrogens is 243 g/mol. The summed E-state index contributed by atoms with van der Waals surface area (Å²) in [7, 11) is 1.78. The molecule has 0 radical (unpaired) electrons.